The molecule has 1 aromatic rings. The third-order valence-electron chi connectivity index (χ3n) is 3.71. The van der Waals surface area contributed by atoms with Crippen LogP contribution in [0.15, 0.2) is 28.7 Å². The van der Waals surface area contributed by atoms with E-state index in [0.29, 0.717) is 5.92 Å². The second-order valence-corrected chi connectivity index (χ2v) is 6.30. The van der Waals surface area contributed by atoms with E-state index in [2.05, 4.69) is 35.1 Å². The number of carbonyl (C=O) groups is 1. The molecule has 1 unspecified atom stereocenters. The van der Waals surface area contributed by atoms with E-state index in [4.69, 9.17) is 4.74 Å². The van der Waals surface area contributed by atoms with Crippen LogP contribution in [0.4, 0.5) is 0 Å². The van der Waals surface area contributed by atoms with Crippen LogP contribution in [0.2, 0.25) is 0 Å². The maximum Gasteiger partial charge on any atom is 0.244 e. The van der Waals surface area contributed by atoms with Crippen molar-refractivity contribution < 1.29 is 9.53 Å². The molecule has 0 saturated carbocycles. The van der Waals surface area contributed by atoms with Crippen LogP contribution in [0.3, 0.4) is 0 Å². The molecule has 0 heterocycles. The van der Waals surface area contributed by atoms with Crippen LogP contribution in [0.25, 0.3) is 6.08 Å². The normalized spacial score (nSPS) is 12.4. The van der Waals surface area contributed by atoms with Gasteiger partial charge < -0.3 is 10.1 Å². The van der Waals surface area contributed by atoms with Crippen LogP contribution in [0, 0.1) is 5.92 Å². The lowest BCUT2D eigenvalue weighted by Crippen LogP contribution is -2.27. The zero-order valence-electron chi connectivity index (χ0n) is 13.7. The minimum absolute atomic E-state index is 0.0584. The summed E-state index contributed by atoms with van der Waals surface area (Å²) in [4.78, 5) is 11.9. The maximum absolute atomic E-state index is 11.9. The molecule has 0 spiro atoms. The predicted molar refractivity (Wildman–Crippen MR) is 96.0 cm³/mol. The minimum Gasteiger partial charge on any atom is -0.496 e. The van der Waals surface area contributed by atoms with Gasteiger partial charge in [-0.2, -0.15) is 0 Å². The Kier molecular flexibility index (Phi) is 8.90. The van der Waals surface area contributed by atoms with Gasteiger partial charge >= 0.3 is 0 Å². The Morgan fingerprint density at radius 1 is 1.41 bits per heavy atom. The molecule has 1 atom stereocenters. The smallest absolute Gasteiger partial charge is 0.244 e. The third kappa shape index (κ3) is 6.65. The quantitative estimate of drug-likeness (QED) is 0.636. The van der Waals surface area contributed by atoms with Crippen molar-refractivity contribution in [3.05, 3.63) is 34.3 Å². The zero-order chi connectivity index (χ0) is 16.4. The lowest BCUT2D eigenvalue weighted by molar-refractivity contribution is -0.116. The minimum atomic E-state index is -0.0584. The Balaban J connectivity index is 2.55. The van der Waals surface area contributed by atoms with E-state index in [-0.39, 0.29) is 5.91 Å². The molecule has 0 aliphatic heterocycles. The van der Waals surface area contributed by atoms with Gasteiger partial charge in [-0.25, -0.2) is 0 Å². The highest BCUT2D eigenvalue weighted by atomic mass is 79.9. The summed E-state index contributed by atoms with van der Waals surface area (Å²) >= 11 is 3.43. The fourth-order valence-electron chi connectivity index (χ4n) is 2.25. The summed E-state index contributed by atoms with van der Waals surface area (Å²) in [5, 5.41) is 2.99. The molecular weight excluding hydrogens is 342 g/mol. The molecule has 1 rings (SSSR count). The molecular formula is C18H26BrNO2. The summed E-state index contributed by atoms with van der Waals surface area (Å²) in [6.45, 7) is 5.11. The molecule has 0 bridgehead atoms. The molecule has 0 radical (unpaired) electrons. The van der Waals surface area contributed by atoms with E-state index in [1.807, 2.05) is 18.2 Å². The van der Waals surface area contributed by atoms with E-state index in [1.54, 1.807) is 19.3 Å². The zero-order valence-corrected chi connectivity index (χ0v) is 15.3. The summed E-state index contributed by atoms with van der Waals surface area (Å²) in [6, 6.07) is 5.72. The topological polar surface area (TPSA) is 38.3 Å². The summed E-state index contributed by atoms with van der Waals surface area (Å²) in [7, 11) is 1.63. The summed E-state index contributed by atoms with van der Waals surface area (Å²) in [5.74, 6) is 1.26. The van der Waals surface area contributed by atoms with Crippen molar-refractivity contribution in [2.45, 2.75) is 39.5 Å². The van der Waals surface area contributed by atoms with Gasteiger partial charge in [-0.15, -0.1) is 0 Å². The Morgan fingerprint density at radius 3 is 2.82 bits per heavy atom. The molecule has 22 heavy (non-hydrogen) atoms. The molecule has 1 aromatic carbocycles. The van der Waals surface area contributed by atoms with Crippen LogP contribution in [-0.4, -0.2) is 19.6 Å². The van der Waals surface area contributed by atoms with Gasteiger partial charge in [0.05, 0.1) is 7.11 Å². The average Bonchev–Trinajstić information content (AvgIpc) is 2.53. The molecule has 0 aliphatic carbocycles. The van der Waals surface area contributed by atoms with Crippen molar-refractivity contribution >= 4 is 27.9 Å². The second-order valence-electron chi connectivity index (χ2n) is 5.38. The van der Waals surface area contributed by atoms with E-state index < -0.39 is 0 Å². The Hall–Kier alpha value is -1.29. The molecule has 0 fully saturated rings. The summed E-state index contributed by atoms with van der Waals surface area (Å²) in [5.41, 5.74) is 0.880. The van der Waals surface area contributed by atoms with Gasteiger partial charge in [0.2, 0.25) is 5.91 Å². The van der Waals surface area contributed by atoms with Gasteiger partial charge in [-0.3, -0.25) is 4.79 Å². The van der Waals surface area contributed by atoms with Gasteiger partial charge in [0.15, 0.2) is 0 Å². The number of unbranched alkanes of at least 4 members (excludes halogenated alkanes) is 1. The number of rotatable bonds is 9. The first-order chi connectivity index (χ1) is 10.6. The number of carbonyl (C=O) groups excluding carboxylic acids is 1. The molecule has 0 aliphatic rings. The molecule has 4 heteroatoms. The van der Waals surface area contributed by atoms with Gasteiger partial charge in [-0.1, -0.05) is 49.0 Å². The fraction of sp³-hybridized carbons (Fsp3) is 0.500. The summed E-state index contributed by atoms with van der Waals surface area (Å²) in [6.07, 6.45) is 8.05. The Labute approximate surface area is 142 Å². The maximum atomic E-state index is 11.9. The van der Waals surface area contributed by atoms with Crippen molar-refractivity contribution in [2.24, 2.45) is 5.92 Å². The Morgan fingerprint density at radius 2 is 2.18 bits per heavy atom. The first-order valence-electron chi connectivity index (χ1n) is 7.90. The first kappa shape index (κ1) is 18.8. The van der Waals surface area contributed by atoms with Crippen molar-refractivity contribution in [2.75, 3.05) is 13.7 Å². The highest BCUT2D eigenvalue weighted by Crippen LogP contribution is 2.24. The molecule has 1 amide bonds. The van der Waals surface area contributed by atoms with Gasteiger partial charge in [-0.05, 0) is 36.6 Å². The van der Waals surface area contributed by atoms with Crippen LogP contribution >= 0.6 is 15.9 Å². The predicted octanol–water partition coefficient (Wildman–Crippen LogP) is 4.80. The number of nitrogens with one attached hydrogen (secondary N) is 1. The van der Waals surface area contributed by atoms with Crippen molar-refractivity contribution in [3.8, 4) is 5.75 Å². The number of amides is 1. The number of hydrogen-bond donors (Lipinski definition) is 1. The van der Waals surface area contributed by atoms with Crippen LogP contribution < -0.4 is 10.1 Å². The second kappa shape index (κ2) is 10.4. The standard InChI is InChI=1S/C18H26BrNO2/c1-4-6-7-14(5-2)13-20-18(21)11-8-15-12-16(19)9-10-17(15)22-3/h8-12,14H,4-7,13H2,1-3H3,(H,20,21)/b11-8+. The van der Waals surface area contributed by atoms with Crippen molar-refractivity contribution in [1.29, 1.82) is 0 Å². The molecule has 0 aromatic heterocycles. The summed E-state index contributed by atoms with van der Waals surface area (Å²) < 4.78 is 6.25. The van der Waals surface area contributed by atoms with E-state index in [1.165, 1.54) is 19.3 Å². The number of benzene rings is 1. The highest BCUT2D eigenvalue weighted by molar-refractivity contribution is 9.10. The van der Waals surface area contributed by atoms with Gasteiger partial charge in [0.1, 0.15) is 5.75 Å². The Bertz CT molecular complexity index is 500. The molecule has 3 nitrogen and oxygen atoms in total. The van der Waals surface area contributed by atoms with Crippen LogP contribution in [0.1, 0.15) is 45.1 Å². The monoisotopic (exact) mass is 367 g/mol. The first-order valence-corrected chi connectivity index (χ1v) is 8.69. The lowest BCUT2D eigenvalue weighted by atomic mass is 9.99. The number of hydrogen-bond acceptors (Lipinski definition) is 2. The number of halogens is 1. The van der Waals surface area contributed by atoms with Gasteiger partial charge in [0, 0.05) is 22.7 Å². The molecule has 0 saturated heterocycles. The van der Waals surface area contributed by atoms with Crippen molar-refractivity contribution in [1.82, 2.24) is 5.32 Å². The SMILES string of the molecule is CCCCC(CC)CNC(=O)/C=C/c1cc(Br)ccc1OC. The van der Waals surface area contributed by atoms with E-state index >= 15 is 0 Å². The fourth-order valence-corrected chi connectivity index (χ4v) is 2.63. The number of methoxy groups -OCH3 is 1. The van der Waals surface area contributed by atoms with E-state index in [9.17, 15) is 4.79 Å². The van der Waals surface area contributed by atoms with Crippen LogP contribution in [0.5, 0.6) is 5.75 Å². The largest absolute Gasteiger partial charge is 0.496 e. The highest BCUT2D eigenvalue weighted by Gasteiger charge is 2.07. The van der Waals surface area contributed by atoms with Crippen molar-refractivity contribution in [3.63, 3.8) is 0 Å². The third-order valence-corrected chi connectivity index (χ3v) is 4.21. The van der Waals surface area contributed by atoms with Crippen LogP contribution in [-0.2, 0) is 4.79 Å². The molecule has 1 N–H and O–H groups in total. The van der Waals surface area contributed by atoms with E-state index in [0.717, 1.165) is 28.8 Å². The number of ether oxygens (including phenoxy) is 1. The molecule has 122 valence electrons. The van der Waals surface area contributed by atoms with Gasteiger partial charge in [0.25, 0.3) is 0 Å². The average molecular weight is 368 g/mol. The lowest BCUT2D eigenvalue weighted by Gasteiger charge is -2.14.